The summed E-state index contributed by atoms with van der Waals surface area (Å²) in [6.07, 6.45) is 3.79. The van der Waals surface area contributed by atoms with Crippen molar-refractivity contribution in [3.05, 3.63) is 29.8 Å². The summed E-state index contributed by atoms with van der Waals surface area (Å²) in [6.45, 7) is 5.66. The molecule has 2 nitrogen and oxygen atoms in total. The lowest BCUT2D eigenvalue weighted by Crippen LogP contribution is -2.33. The van der Waals surface area contributed by atoms with Crippen molar-refractivity contribution in [2.75, 3.05) is 25.0 Å². The van der Waals surface area contributed by atoms with Gasteiger partial charge in [-0.25, -0.2) is 0 Å². The Morgan fingerprint density at radius 3 is 2.83 bits per heavy atom. The Labute approximate surface area is 123 Å². The number of hydrogen-bond donors (Lipinski definition) is 2. The first kappa shape index (κ1) is 17.6. The topological polar surface area (TPSA) is 24.1 Å². The van der Waals surface area contributed by atoms with Crippen molar-refractivity contribution in [2.24, 2.45) is 5.92 Å². The van der Waals surface area contributed by atoms with Gasteiger partial charge in [0.2, 0.25) is 0 Å². The molecule has 0 aliphatic carbocycles. The molecular weight excluding hydrogens is 267 g/mol. The van der Waals surface area contributed by atoms with E-state index < -0.39 is 0 Å². The number of halogens is 2. The molecular formula is C14H24Cl2N2. The van der Waals surface area contributed by atoms with E-state index in [1.807, 2.05) is 0 Å². The number of piperidine rings is 1. The van der Waals surface area contributed by atoms with Crippen molar-refractivity contribution in [3.8, 4) is 0 Å². The van der Waals surface area contributed by atoms with Crippen LogP contribution in [-0.2, 0) is 6.42 Å². The molecule has 1 unspecified atom stereocenters. The van der Waals surface area contributed by atoms with Gasteiger partial charge < -0.3 is 10.6 Å². The van der Waals surface area contributed by atoms with Gasteiger partial charge in [-0.1, -0.05) is 19.1 Å². The van der Waals surface area contributed by atoms with Crippen molar-refractivity contribution in [1.82, 2.24) is 5.32 Å². The summed E-state index contributed by atoms with van der Waals surface area (Å²) in [5.41, 5.74) is 2.68. The van der Waals surface area contributed by atoms with Crippen LogP contribution in [0, 0.1) is 5.92 Å². The van der Waals surface area contributed by atoms with Gasteiger partial charge in [0.1, 0.15) is 0 Å². The van der Waals surface area contributed by atoms with Crippen LogP contribution < -0.4 is 10.6 Å². The molecule has 0 radical (unpaired) electrons. The third kappa shape index (κ3) is 5.47. The second kappa shape index (κ2) is 9.48. The minimum absolute atomic E-state index is 0. The third-order valence-electron chi connectivity index (χ3n) is 3.33. The summed E-state index contributed by atoms with van der Waals surface area (Å²) in [4.78, 5) is 0. The normalized spacial score (nSPS) is 18.4. The van der Waals surface area contributed by atoms with Gasteiger partial charge >= 0.3 is 0 Å². The predicted octanol–water partition coefficient (Wildman–Crippen LogP) is 3.50. The van der Waals surface area contributed by atoms with Crippen LogP contribution in [-0.4, -0.2) is 19.6 Å². The lowest BCUT2D eigenvalue weighted by Gasteiger charge is -2.23. The van der Waals surface area contributed by atoms with Crippen LogP contribution >= 0.6 is 24.8 Å². The van der Waals surface area contributed by atoms with Crippen LogP contribution in [0.5, 0.6) is 0 Å². The van der Waals surface area contributed by atoms with Crippen LogP contribution in [0.3, 0.4) is 0 Å². The summed E-state index contributed by atoms with van der Waals surface area (Å²) < 4.78 is 0. The van der Waals surface area contributed by atoms with Gasteiger partial charge in [-0.15, -0.1) is 24.8 Å². The van der Waals surface area contributed by atoms with Gasteiger partial charge in [0.25, 0.3) is 0 Å². The largest absolute Gasteiger partial charge is 0.385 e. The Balaban J connectivity index is 0.00000144. The maximum atomic E-state index is 3.55. The van der Waals surface area contributed by atoms with Crippen LogP contribution in [0.4, 0.5) is 5.69 Å². The third-order valence-corrected chi connectivity index (χ3v) is 3.33. The smallest absolute Gasteiger partial charge is 0.0343 e. The van der Waals surface area contributed by atoms with Gasteiger partial charge in [-0.2, -0.15) is 0 Å². The lowest BCUT2D eigenvalue weighted by molar-refractivity contribution is 0.393. The van der Waals surface area contributed by atoms with Crippen molar-refractivity contribution in [1.29, 1.82) is 0 Å². The molecule has 2 N–H and O–H groups in total. The van der Waals surface area contributed by atoms with E-state index >= 15 is 0 Å². The van der Waals surface area contributed by atoms with Gasteiger partial charge in [0.05, 0.1) is 0 Å². The van der Waals surface area contributed by atoms with E-state index in [0.29, 0.717) is 0 Å². The molecule has 0 amide bonds. The van der Waals surface area contributed by atoms with Crippen LogP contribution in [0.2, 0.25) is 0 Å². The predicted molar refractivity (Wildman–Crippen MR) is 84.4 cm³/mol. The monoisotopic (exact) mass is 290 g/mol. The number of anilines is 1. The summed E-state index contributed by atoms with van der Waals surface area (Å²) >= 11 is 0. The first-order valence-corrected chi connectivity index (χ1v) is 6.42. The molecule has 1 fully saturated rings. The molecule has 1 heterocycles. The molecule has 4 heteroatoms. The lowest BCUT2D eigenvalue weighted by atomic mass is 9.99. The Morgan fingerprint density at radius 2 is 2.17 bits per heavy atom. The van der Waals surface area contributed by atoms with Gasteiger partial charge in [0, 0.05) is 12.2 Å². The standard InChI is InChI=1S/C14H22N2.2ClH/c1-2-12-5-3-7-14(9-12)16-11-13-6-4-8-15-10-13;;/h3,5,7,9,13,15-16H,2,4,6,8,10-11H2,1H3;2*1H. The Hall–Kier alpha value is -0.440. The molecule has 1 aliphatic heterocycles. The van der Waals surface area contributed by atoms with Crippen molar-refractivity contribution < 1.29 is 0 Å². The molecule has 1 aliphatic rings. The van der Waals surface area contributed by atoms with E-state index in [-0.39, 0.29) is 24.8 Å². The van der Waals surface area contributed by atoms with Crippen molar-refractivity contribution in [3.63, 3.8) is 0 Å². The number of nitrogens with one attached hydrogen (secondary N) is 2. The zero-order valence-electron chi connectivity index (χ0n) is 10.9. The molecule has 0 saturated carbocycles. The van der Waals surface area contributed by atoms with Gasteiger partial charge in [-0.05, 0) is 56.0 Å². The number of rotatable bonds is 4. The van der Waals surface area contributed by atoms with E-state index in [0.717, 1.165) is 18.9 Å². The zero-order valence-corrected chi connectivity index (χ0v) is 12.6. The number of aryl methyl sites for hydroxylation is 1. The quantitative estimate of drug-likeness (QED) is 0.887. The molecule has 0 bridgehead atoms. The Bertz CT molecular complexity index is 325. The minimum Gasteiger partial charge on any atom is -0.385 e. The number of benzene rings is 1. The first-order valence-electron chi connectivity index (χ1n) is 6.42. The molecule has 1 atom stereocenters. The average molecular weight is 291 g/mol. The molecule has 1 aromatic rings. The zero-order chi connectivity index (χ0) is 11.2. The second-order valence-electron chi connectivity index (χ2n) is 4.65. The van der Waals surface area contributed by atoms with E-state index in [9.17, 15) is 0 Å². The SMILES string of the molecule is CCc1cccc(NCC2CCCNC2)c1.Cl.Cl. The highest BCUT2D eigenvalue weighted by atomic mass is 35.5. The highest BCUT2D eigenvalue weighted by Gasteiger charge is 2.12. The van der Waals surface area contributed by atoms with E-state index in [2.05, 4.69) is 41.8 Å². The highest BCUT2D eigenvalue weighted by Crippen LogP contribution is 2.14. The molecule has 1 saturated heterocycles. The second-order valence-corrected chi connectivity index (χ2v) is 4.65. The fourth-order valence-electron chi connectivity index (χ4n) is 2.26. The van der Waals surface area contributed by atoms with Crippen LogP contribution in [0.1, 0.15) is 25.3 Å². The van der Waals surface area contributed by atoms with Gasteiger partial charge in [0.15, 0.2) is 0 Å². The van der Waals surface area contributed by atoms with E-state index in [4.69, 9.17) is 0 Å². The highest BCUT2D eigenvalue weighted by molar-refractivity contribution is 5.85. The molecule has 18 heavy (non-hydrogen) atoms. The van der Waals surface area contributed by atoms with E-state index in [1.165, 1.54) is 37.2 Å². The molecule has 2 rings (SSSR count). The summed E-state index contributed by atoms with van der Waals surface area (Å²) in [5, 5.41) is 7.00. The van der Waals surface area contributed by atoms with Crippen molar-refractivity contribution in [2.45, 2.75) is 26.2 Å². The average Bonchev–Trinajstić information content (AvgIpc) is 2.38. The minimum atomic E-state index is 0. The Kier molecular flexibility index (Phi) is 9.25. The van der Waals surface area contributed by atoms with E-state index in [1.54, 1.807) is 0 Å². The van der Waals surface area contributed by atoms with Crippen LogP contribution in [0.15, 0.2) is 24.3 Å². The fraction of sp³-hybridized carbons (Fsp3) is 0.571. The summed E-state index contributed by atoms with van der Waals surface area (Å²) in [7, 11) is 0. The van der Waals surface area contributed by atoms with Crippen molar-refractivity contribution >= 4 is 30.5 Å². The number of hydrogen-bond acceptors (Lipinski definition) is 2. The summed E-state index contributed by atoms with van der Waals surface area (Å²) in [5.74, 6) is 0.791. The van der Waals surface area contributed by atoms with Gasteiger partial charge in [-0.3, -0.25) is 0 Å². The molecule has 0 spiro atoms. The maximum Gasteiger partial charge on any atom is 0.0343 e. The molecule has 1 aromatic carbocycles. The molecule has 104 valence electrons. The maximum absolute atomic E-state index is 3.55. The fourth-order valence-corrected chi connectivity index (χ4v) is 2.26. The Morgan fingerprint density at radius 1 is 1.33 bits per heavy atom. The summed E-state index contributed by atoms with van der Waals surface area (Å²) in [6, 6.07) is 8.75. The first-order chi connectivity index (χ1) is 7.88. The molecule has 0 aromatic heterocycles. The van der Waals surface area contributed by atoms with Crippen LogP contribution in [0.25, 0.3) is 0 Å².